The summed E-state index contributed by atoms with van der Waals surface area (Å²) in [7, 11) is 0. The number of allylic oxidation sites excluding steroid dienone is 2. The number of rotatable bonds is 4. The first-order valence-electron chi connectivity index (χ1n) is 19.5. The number of carbonyl (C=O) groups is 1. The van der Waals surface area contributed by atoms with Gasteiger partial charge in [-0.1, -0.05) is 116 Å². The van der Waals surface area contributed by atoms with Crippen molar-refractivity contribution in [3.05, 3.63) is 125 Å². The number of fused-ring (bicyclic) bond motifs is 5. The number of hydrogen-bond acceptors (Lipinski definition) is 3. The van der Waals surface area contributed by atoms with Gasteiger partial charge in [0.05, 0.1) is 5.76 Å². The Labute approximate surface area is 320 Å². The average Bonchev–Trinajstić information content (AvgIpc) is 3.20. The van der Waals surface area contributed by atoms with Gasteiger partial charge in [-0.05, 0) is 107 Å². The van der Waals surface area contributed by atoms with Crippen LogP contribution in [0.2, 0.25) is 0 Å². The molecule has 0 saturated heterocycles. The van der Waals surface area contributed by atoms with Crippen molar-refractivity contribution in [2.45, 2.75) is 89.9 Å². The van der Waals surface area contributed by atoms with Crippen LogP contribution >= 0.6 is 0 Å². The van der Waals surface area contributed by atoms with Crippen molar-refractivity contribution in [1.82, 2.24) is 4.98 Å². The van der Waals surface area contributed by atoms with Crippen LogP contribution in [0.3, 0.4) is 0 Å². The van der Waals surface area contributed by atoms with Gasteiger partial charge in [-0.25, -0.2) is 0 Å². The van der Waals surface area contributed by atoms with Crippen molar-refractivity contribution < 1.29 is 30.0 Å². The molecule has 6 aromatic rings. The van der Waals surface area contributed by atoms with Crippen molar-refractivity contribution in [1.29, 1.82) is 0 Å². The predicted molar refractivity (Wildman–Crippen MR) is 210 cm³/mol. The normalized spacial score (nSPS) is 17.3. The van der Waals surface area contributed by atoms with E-state index in [0.717, 1.165) is 62.6 Å². The van der Waals surface area contributed by atoms with Gasteiger partial charge < -0.3 is 10.1 Å². The number of nitrogens with zero attached hydrogens (tertiary/aromatic N) is 1. The molecule has 5 aromatic carbocycles. The number of hydrogen-bond donors (Lipinski definition) is 1. The van der Waals surface area contributed by atoms with E-state index in [0.29, 0.717) is 5.76 Å². The molecule has 1 heterocycles. The number of aryl methyl sites for hydroxylation is 4. The van der Waals surface area contributed by atoms with E-state index < -0.39 is 0 Å². The maximum atomic E-state index is 12.0. The monoisotopic (exact) mass is 861 g/mol. The Morgan fingerprint density at radius 2 is 1.27 bits per heavy atom. The summed E-state index contributed by atoms with van der Waals surface area (Å²) < 4.78 is 0. The van der Waals surface area contributed by atoms with Gasteiger partial charge in [0, 0.05) is 44.2 Å². The first-order valence-corrected chi connectivity index (χ1v) is 19.5. The molecular weight excluding hydrogens is 815 g/mol. The molecule has 0 unspecified atom stereocenters. The average molecular weight is 861 g/mol. The molecule has 10 rings (SSSR count). The molecule has 4 heteroatoms. The second kappa shape index (κ2) is 15.1. The van der Waals surface area contributed by atoms with Crippen LogP contribution in [0.1, 0.15) is 86.5 Å². The Morgan fingerprint density at radius 3 is 2.06 bits per heavy atom. The standard InChI is InChI=1S/C33H22N.C15H24O2.Ir/c1-2-7-26-20(4-1)12-13-28-27(26)14-15-30-29(28)16-17-34-33(30)25-18-23-10-8-21-5-3-6-22-9-11-24(19-25)32(23)31(21)22;16-14(12-7-3-1-4-8-12)11-15(17)13-9-5-2-6-10-13;/h1-7,12-18H,8-11H2;11-13,16H,1-10H2;/q-1;;/b;14-11-;. The summed E-state index contributed by atoms with van der Waals surface area (Å²) in [6.07, 6.45) is 19.3. The molecule has 1 N–H and O–H groups in total. The zero-order valence-electron chi connectivity index (χ0n) is 29.9. The quantitative estimate of drug-likeness (QED) is 0.0831. The van der Waals surface area contributed by atoms with Gasteiger partial charge in [-0.15, -0.1) is 28.8 Å². The SMILES string of the molecule is O=C(/C=C(\O)C1CCCCC1)C1CCCCC1.[Ir].[c-]1c(-c2nccc3c2ccc2c4ccccc4ccc32)cc2c3c1CCc1cccc(c1-3)CC2. The minimum Gasteiger partial charge on any atom is -0.512 e. The van der Waals surface area contributed by atoms with Gasteiger partial charge >= 0.3 is 0 Å². The maximum Gasteiger partial charge on any atom is 0.162 e. The molecule has 0 atom stereocenters. The molecule has 4 aliphatic carbocycles. The Kier molecular flexibility index (Phi) is 10.1. The zero-order chi connectivity index (χ0) is 34.3. The predicted octanol–water partition coefficient (Wildman–Crippen LogP) is 12.0. The minimum absolute atomic E-state index is 0. The fourth-order valence-corrected chi connectivity index (χ4v) is 9.58. The molecular formula is C48H46IrNO2-. The van der Waals surface area contributed by atoms with E-state index in [9.17, 15) is 9.90 Å². The summed E-state index contributed by atoms with van der Waals surface area (Å²) in [4.78, 5) is 16.9. The molecule has 2 saturated carbocycles. The number of carbonyl (C=O) groups excluding carboxylic acids is 1. The van der Waals surface area contributed by atoms with Crippen molar-refractivity contribution >= 4 is 38.1 Å². The van der Waals surface area contributed by atoms with Crippen LogP contribution in [-0.2, 0) is 50.6 Å². The second-order valence-corrected chi connectivity index (χ2v) is 15.4. The number of aliphatic hydroxyl groups is 1. The van der Waals surface area contributed by atoms with E-state index in [1.165, 1.54) is 104 Å². The number of ketones is 1. The number of aliphatic hydroxyl groups excluding tert-OH is 1. The van der Waals surface area contributed by atoms with E-state index in [1.807, 2.05) is 6.20 Å². The van der Waals surface area contributed by atoms with Gasteiger partial charge in [0.25, 0.3) is 0 Å². The summed E-state index contributed by atoms with van der Waals surface area (Å²) in [5.41, 5.74) is 11.0. The first-order chi connectivity index (χ1) is 25.1. The van der Waals surface area contributed by atoms with Crippen LogP contribution in [-0.4, -0.2) is 15.9 Å². The van der Waals surface area contributed by atoms with Gasteiger partial charge in [-0.3, -0.25) is 4.79 Å². The first kappa shape index (κ1) is 34.9. The topological polar surface area (TPSA) is 50.2 Å². The second-order valence-electron chi connectivity index (χ2n) is 15.4. The Bertz CT molecular complexity index is 2280. The van der Waals surface area contributed by atoms with Crippen LogP contribution in [0.5, 0.6) is 0 Å². The van der Waals surface area contributed by atoms with Crippen LogP contribution in [0.15, 0.2) is 96.9 Å². The minimum atomic E-state index is 0. The third-order valence-electron chi connectivity index (χ3n) is 12.3. The Morgan fingerprint density at radius 1 is 0.635 bits per heavy atom. The molecule has 1 aromatic heterocycles. The molecule has 0 bridgehead atoms. The molecule has 265 valence electrons. The van der Waals surface area contributed by atoms with Gasteiger partial charge in [0.15, 0.2) is 5.78 Å². The smallest absolute Gasteiger partial charge is 0.162 e. The third-order valence-corrected chi connectivity index (χ3v) is 12.3. The van der Waals surface area contributed by atoms with E-state index in [4.69, 9.17) is 4.98 Å². The van der Waals surface area contributed by atoms with E-state index in [1.54, 1.807) is 6.08 Å². The molecule has 0 amide bonds. The van der Waals surface area contributed by atoms with Crippen LogP contribution in [0, 0.1) is 17.9 Å². The number of benzene rings is 5. The van der Waals surface area contributed by atoms with Crippen molar-refractivity contribution in [2.75, 3.05) is 0 Å². The molecule has 4 aliphatic rings. The summed E-state index contributed by atoms with van der Waals surface area (Å²) in [5.74, 6) is 0.985. The Hall–Kier alpha value is -4.11. The number of aromatic nitrogens is 1. The van der Waals surface area contributed by atoms with Crippen molar-refractivity contribution in [3.63, 3.8) is 0 Å². The summed E-state index contributed by atoms with van der Waals surface area (Å²) in [6, 6.07) is 32.9. The van der Waals surface area contributed by atoms with Gasteiger partial charge in [0.1, 0.15) is 0 Å². The van der Waals surface area contributed by atoms with Gasteiger partial charge in [0.2, 0.25) is 0 Å². The van der Waals surface area contributed by atoms with Crippen LogP contribution in [0.25, 0.3) is 54.7 Å². The van der Waals surface area contributed by atoms with Crippen molar-refractivity contribution in [3.8, 4) is 22.4 Å². The molecule has 52 heavy (non-hydrogen) atoms. The fraction of sp³-hybridized carbons (Fsp3) is 0.333. The molecule has 3 nitrogen and oxygen atoms in total. The number of pyridine rings is 1. The third kappa shape index (κ3) is 6.54. The van der Waals surface area contributed by atoms with Crippen LogP contribution in [0.4, 0.5) is 0 Å². The van der Waals surface area contributed by atoms with E-state index >= 15 is 0 Å². The largest absolute Gasteiger partial charge is 0.512 e. The maximum absolute atomic E-state index is 12.0. The van der Waals surface area contributed by atoms with Gasteiger partial charge in [-0.2, -0.15) is 0 Å². The molecule has 0 spiro atoms. The summed E-state index contributed by atoms with van der Waals surface area (Å²) in [6.45, 7) is 0. The van der Waals surface area contributed by atoms with Crippen molar-refractivity contribution in [2.24, 2.45) is 11.8 Å². The van der Waals surface area contributed by atoms with E-state index in [-0.39, 0.29) is 37.7 Å². The Balaban J connectivity index is 0.000000183. The molecule has 1 radical (unpaired) electrons. The summed E-state index contributed by atoms with van der Waals surface area (Å²) >= 11 is 0. The fourth-order valence-electron chi connectivity index (χ4n) is 9.58. The molecule has 2 fully saturated rings. The van der Waals surface area contributed by atoms with E-state index in [2.05, 4.69) is 84.9 Å². The summed E-state index contributed by atoms with van der Waals surface area (Å²) in [5, 5.41) is 17.7. The van der Waals surface area contributed by atoms with Crippen LogP contribution < -0.4 is 0 Å². The molecule has 0 aliphatic heterocycles. The zero-order valence-corrected chi connectivity index (χ0v) is 32.2.